The van der Waals surface area contributed by atoms with E-state index in [0.717, 1.165) is 0 Å². The maximum atomic E-state index is 11.8. The molecular weight excluding hydrogens is 256 g/mol. The fraction of sp³-hybridized carbons (Fsp3) is 0.400. The number of amides is 1. The van der Waals surface area contributed by atoms with Crippen LogP contribution in [0.2, 0.25) is 0 Å². The topological polar surface area (TPSA) is 79.2 Å². The first-order chi connectivity index (χ1) is 9.20. The van der Waals surface area contributed by atoms with Crippen molar-refractivity contribution < 1.29 is 14.3 Å². The molecule has 1 atom stereocenters. The Morgan fingerprint density at radius 1 is 1.35 bits per heavy atom. The molecule has 106 valence electrons. The lowest BCUT2D eigenvalue weighted by Crippen LogP contribution is -2.47. The molecule has 0 saturated carbocycles. The number of benzene rings is 1. The molecule has 1 rings (SSSR count). The van der Waals surface area contributed by atoms with Gasteiger partial charge in [0.25, 0.3) is 0 Å². The molecule has 5 nitrogen and oxygen atoms in total. The van der Waals surface area contributed by atoms with E-state index in [9.17, 15) is 9.59 Å². The molecule has 1 N–H and O–H groups in total. The first-order valence-electron chi connectivity index (χ1n) is 6.18. The Labute approximate surface area is 118 Å². The maximum Gasteiger partial charge on any atom is 0.408 e. The summed E-state index contributed by atoms with van der Waals surface area (Å²) in [5, 5.41) is 11.4. The van der Waals surface area contributed by atoms with Gasteiger partial charge in [0.2, 0.25) is 0 Å². The average molecular weight is 274 g/mol. The molecule has 0 aliphatic carbocycles. The zero-order chi connectivity index (χ0) is 15.4. The molecule has 5 heteroatoms. The van der Waals surface area contributed by atoms with Crippen molar-refractivity contribution in [2.45, 2.75) is 38.8 Å². The number of carbonyl (C=O) groups excluding carboxylic acids is 2. The van der Waals surface area contributed by atoms with Crippen LogP contribution in [0.1, 0.15) is 38.8 Å². The summed E-state index contributed by atoms with van der Waals surface area (Å²) in [5.41, 5.74) is -0.948. The second-order valence-electron chi connectivity index (χ2n) is 5.64. The van der Waals surface area contributed by atoms with E-state index in [1.165, 1.54) is 0 Å². The van der Waals surface area contributed by atoms with Gasteiger partial charge in [-0.1, -0.05) is 12.1 Å². The summed E-state index contributed by atoms with van der Waals surface area (Å²) in [6.45, 7) is 6.77. The minimum atomic E-state index is -1.24. The summed E-state index contributed by atoms with van der Waals surface area (Å²) in [6.07, 6.45) is -0.0672. The molecule has 0 fully saturated rings. The lowest BCUT2D eigenvalue weighted by molar-refractivity contribution is -0.113. The molecule has 20 heavy (non-hydrogen) atoms. The Hall–Kier alpha value is -2.35. The van der Waals surface area contributed by atoms with Crippen molar-refractivity contribution in [2.24, 2.45) is 0 Å². The van der Waals surface area contributed by atoms with Gasteiger partial charge in [0.1, 0.15) is 17.4 Å². The normalized spacial score (nSPS) is 13.8. The third kappa shape index (κ3) is 4.09. The van der Waals surface area contributed by atoms with Gasteiger partial charge < -0.3 is 14.8 Å². The Bertz CT molecular complexity index is 555. The number of hydrogen-bond donors (Lipinski definition) is 1. The Kier molecular flexibility index (Phi) is 4.51. The van der Waals surface area contributed by atoms with E-state index in [0.29, 0.717) is 17.4 Å². The lowest BCUT2D eigenvalue weighted by Gasteiger charge is -2.28. The molecule has 0 spiro atoms. The first kappa shape index (κ1) is 15.7. The van der Waals surface area contributed by atoms with Gasteiger partial charge in [0.15, 0.2) is 0 Å². The largest absolute Gasteiger partial charge is 0.444 e. The van der Waals surface area contributed by atoms with E-state index in [-0.39, 0.29) is 0 Å². The van der Waals surface area contributed by atoms with E-state index in [2.05, 4.69) is 5.32 Å². The predicted molar refractivity (Wildman–Crippen MR) is 73.9 cm³/mol. The number of carbonyl (C=O) groups is 2. The molecule has 0 aromatic heterocycles. The van der Waals surface area contributed by atoms with Gasteiger partial charge in [-0.2, -0.15) is 5.26 Å². The van der Waals surface area contributed by atoms with Crippen molar-refractivity contribution in [3.63, 3.8) is 0 Å². The zero-order valence-corrected chi connectivity index (χ0v) is 12.1. The number of ether oxygens (including phenoxy) is 1. The van der Waals surface area contributed by atoms with Crippen LogP contribution in [-0.4, -0.2) is 18.0 Å². The monoisotopic (exact) mass is 274 g/mol. The van der Waals surface area contributed by atoms with E-state index in [4.69, 9.17) is 10.00 Å². The summed E-state index contributed by atoms with van der Waals surface area (Å²) in [5.74, 6) is 0. The molecule has 1 amide bonds. The summed E-state index contributed by atoms with van der Waals surface area (Å²) < 4.78 is 5.14. The van der Waals surface area contributed by atoms with Gasteiger partial charge in [-0.15, -0.1) is 0 Å². The van der Waals surface area contributed by atoms with Crippen LogP contribution in [0, 0.1) is 11.3 Å². The van der Waals surface area contributed by atoms with Crippen LogP contribution >= 0.6 is 0 Å². The molecule has 0 heterocycles. The van der Waals surface area contributed by atoms with E-state index in [1.807, 2.05) is 6.07 Å². The van der Waals surface area contributed by atoms with Crippen molar-refractivity contribution in [1.29, 1.82) is 5.26 Å². The molecule has 0 aliphatic rings. The lowest BCUT2D eigenvalue weighted by atomic mass is 9.92. The third-order valence-corrected chi connectivity index (χ3v) is 2.59. The molecular formula is C15H18N2O3. The third-order valence-electron chi connectivity index (χ3n) is 2.59. The van der Waals surface area contributed by atoms with Gasteiger partial charge in [-0.05, 0) is 45.4 Å². The molecule has 1 unspecified atom stereocenters. The van der Waals surface area contributed by atoms with E-state index >= 15 is 0 Å². The summed E-state index contributed by atoms with van der Waals surface area (Å²) >= 11 is 0. The van der Waals surface area contributed by atoms with Gasteiger partial charge in [-0.3, -0.25) is 0 Å². The summed E-state index contributed by atoms with van der Waals surface area (Å²) in [4.78, 5) is 23.2. The highest BCUT2D eigenvalue weighted by Gasteiger charge is 2.30. The Morgan fingerprint density at radius 2 is 2.00 bits per heavy atom. The van der Waals surface area contributed by atoms with Crippen LogP contribution < -0.4 is 5.32 Å². The number of aldehydes is 1. The first-order valence-corrected chi connectivity index (χ1v) is 6.18. The molecule has 1 aromatic carbocycles. The smallest absolute Gasteiger partial charge is 0.408 e. The van der Waals surface area contributed by atoms with Crippen LogP contribution in [0.15, 0.2) is 24.3 Å². The van der Waals surface area contributed by atoms with Crippen molar-refractivity contribution in [3.8, 4) is 6.07 Å². The molecule has 0 aliphatic heterocycles. The van der Waals surface area contributed by atoms with Gasteiger partial charge in [0.05, 0.1) is 11.6 Å². The van der Waals surface area contributed by atoms with Crippen LogP contribution in [0.25, 0.3) is 0 Å². The van der Waals surface area contributed by atoms with Crippen LogP contribution in [0.3, 0.4) is 0 Å². The number of rotatable bonds is 3. The quantitative estimate of drug-likeness (QED) is 0.859. The van der Waals surface area contributed by atoms with E-state index < -0.39 is 17.2 Å². The fourth-order valence-electron chi connectivity index (χ4n) is 1.60. The van der Waals surface area contributed by atoms with Gasteiger partial charge in [-0.25, -0.2) is 4.79 Å². The van der Waals surface area contributed by atoms with E-state index in [1.54, 1.807) is 52.0 Å². The van der Waals surface area contributed by atoms with Gasteiger partial charge >= 0.3 is 6.09 Å². The van der Waals surface area contributed by atoms with Crippen LogP contribution in [-0.2, 0) is 15.1 Å². The Morgan fingerprint density at radius 3 is 2.50 bits per heavy atom. The van der Waals surface area contributed by atoms with Crippen LogP contribution in [0.4, 0.5) is 4.79 Å². The molecule has 0 radical (unpaired) electrons. The Balaban J connectivity index is 3.00. The molecule has 0 bridgehead atoms. The second-order valence-corrected chi connectivity index (χ2v) is 5.64. The fourth-order valence-corrected chi connectivity index (χ4v) is 1.60. The highest BCUT2D eigenvalue weighted by atomic mass is 16.6. The number of nitrogens with zero attached hydrogens (tertiary/aromatic N) is 1. The zero-order valence-electron chi connectivity index (χ0n) is 12.1. The number of nitriles is 1. The highest BCUT2D eigenvalue weighted by Crippen LogP contribution is 2.20. The second kappa shape index (κ2) is 5.74. The maximum absolute atomic E-state index is 11.8. The summed E-state index contributed by atoms with van der Waals surface area (Å²) in [6, 6.07) is 8.52. The average Bonchev–Trinajstić information content (AvgIpc) is 2.36. The predicted octanol–water partition coefficient (Wildman–Crippen LogP) is 2.50. The minimum Gasteiger partial charge on any atom is -0.444 e. The minimum absolute atomic E-state index is 0.418. The SMILES string of the molecule is CC(C)(C)OC(=O)NC(C)(C=O)c1cccc(C#N)c1. The summed E-state index contributed by atoms with van der Waals surface area (Å²) in [7, 11) is 0. The van der Waals surface area contributed by atoms with Crippen molar-refractivity contribution in [1.82, 2.24) is 5.32 Å². The standard InChI is InChI=1S/C15H18N2O3/c1-14(2,3)20-13(19)17-15(4,10-18)12-7-5-6-11(8-12)9-16/h5-8,10H,1-4H3,(H,17,19). The molecule has 0 saturated heterocycles. The van der Waals surface area contributed by atoms with Gasteiger partial charge in [0, 0.05) is 0 Å². The van der Waals surface area contributed by atoms with Crippen molar-refractivity contribution in [3.05, 3.63) is 35.4 Å². The number of nitrogens with one attached hydrogen (secondary N) is 1. The van der Waals surface area contributed by atoms with Crippen molar-refractivity contribution in [2.75, 3.05) is 0 Å². The number of hydrogen-bond acceptors (Lipinski definition) is 4. The molecule has 1 aromatic rings. The van der Waals surface area contributed by atoms with Crippen molar-refractivity contribution >= 4 is 12.4 Å². The highest BCUT2D eigenvalue weighted by molar-refractivity contribution is 5.78. The van der Waals surface area contributed by atoms with Crippen LogP contribution in [0.5, 0.6) is 0 Å². The number of alkyl carbamates (subject to hydrolysis) is 1.